The normalized spacial score (nSPS) is 14.2. The molecule has 0 radical (unpaired) electrons. The lowest BCUT2D eigenvalue weighted by Crippen LogP contribution is -2.30. The second-order valence-electron chi connectivity index (χ2n) is 32.2. The molecule has 0 rings (SSSR count). The van der Waals surface area contributed by atoms with E-state index in [-0.39, 0.29) is 19.3 Å². The molecule has 0 amide bonds. The van der Waals surface area contributed by atoms with Crippen molar-refractivity contribution in [3.05, 3.63) is 97.2 Å². The average Bonchev–Trinajstić information content (AvgIpc) is 0.902. The van der Waals surface area contributed by atoms with Crippen molar-refractivity contribution >= 4 is 33.6 Å². The lowest BCUT2D eigenvalue weighted by atomic mass is 10.0. The van der Waals surface area contributed by atoms with Gasteiger partial charge >= 0.3 is 33.6 Å². The molecule has 4 N–H and O–H groups in total. The Hall–Kier alpha value is -3.53. The molecule has 0 aromatic carbocycles. The molecule has 5 atom stereocenters. The Balaban J connectivity index is 4.40. The number of phosphoric acid groups is 2. The van der Waals surface area contributed by atoms with Crippen molar-refractivity contribution in [3.63, 3.8) is 0 Å². The van der Waals surface area contributed by atoms with E-state index < -0.39 is 91.5 Å². The predicted molar refractivity (Wildman–Crippen MR) is 482 cm³/mol. The number of unbranched alkanes of at least 4 members (excludes halogenated alkanes) is 52. The first kappa shape index (κ1) is 111. The minimum Gasteiger partial charge on any atom is -0.463 e. The summed E-state index contributed by atoms with van der Waals surface area (Å²) in [5.41, 5.74) is 0. The summed E-state index contributed by atoms with van der Waals surface area (Å²) in [7, 11) is -9.79. The first-order valence-corrected chi connectivity index (χ1v) is 50.5. The Morgan fingerprint density at radius 3 is 0.704 bits per heavy atom. The highest BCUT2D eigenvalue weighted by Crippen LogP contribution is 2.45. The Morgan fingerprint density at radius 2 is 0.435 bits per heavy atom. The van der Waals surface area contributed by atoms with E-state index in [1.54, 1.807) is 0 Å². The second kappa shape index (κ2) is 89.7. The van der Waals surface area contributed by atoms with Crippen LogP contribution in [0.3, 0.4) is 0 Å². The van der Waals surface area contributed by atoms with Crippen molar-refractivity contribution in [1.29, 1.82) is 0 Å². The van der Waals surface area contributed by atoms with E-state index in [1.165, 1.54) is 276 Å². The molecular formula is C97H176O16P2. The van der Waals surface area contributed by atoms with Gasteiger partial charge in [-0.25, -0.2) is 9.13 Å². The maximum Gasteiger partial charge on any atom is 0.472 e. The predicted octanol–water partition coefficient (Wildman–Crippen LogP) is 29.2. The quantitative estimate of drug-likeness (QED) is 0.0146. The van der Waals surface area contributed by atoms with Crippen LogP contribution in [0.5, 0.6) is 0 Å². The van der Waals surface area contributed by atoms with E-state index in [1.807, 2.05) is 0 Å². The van der Waals surface area contributed by atoms with Gasteiger partial charge in [-0.05, 0) is 109 Å². The molecule has 18 heteroatoms. The minimum absolute atomic E-state index is 0.110. The molecule has 0 saturated carbocycles. The van der Waals surface area contributed by atoms with Gasteiger partial charge in [0.1, 0.15) is 25.4 Å². The maximum atomic E-state index is 13.0. The molecule has 0 aliphatic carbocycles. The minimum atomic E-state index is -4.93. The fraction of sp³-hybridized carbons (Fsp3) is 0.804. The lowest BCUT2D eigenvalue weighted by Gasteiger charge is -2.21. The highest BCUT2D eigenvalue weighted by atomic mass is 31.2. The van der Waals surface area contributed by atoms with E-state index in [9.17, 15) is 43.5 Å². The third-order valence-electron chi connectivity index (χ3n) is 20.8. The number of rotatable bonds is 91. The van der Waals surface area contributed by atoms with Crippen LogP contribution < -0.4 is 0 Å². The number of aliphatic hydroxyl groups is 2. The van der Waals surface area contributed by atoms with Crippen LogP contribution in [-0.2, 0) is 55.8 Å². The summed E-state index contributed by atoms with van der Waals surface area (Å²) < 4.78 is 61.5. The van der Waals surface area contributed by atoms with Gasteiger partial charge in [-0.2, -0.15) is 0 Å². The Kier molecular flexibility index (Phi) is 87.0. The van der Waals surface area contributed by atoms with Gasteiger partial charge in [-0.3, -0.25) is 32.5 Å². The Labute approximate surface area is 705 Å². The van der Waals surface area contributed by atoms with Crippen LogP contribution in [0, 0.1) is 0 Å². The van der Waals surface area contributed by atoms with Gasteiger partial charge in [0.2, 0.25) is 0 Å². The number of phosphoric ester groups is 2. The van der Waals surface area contributed by atoms with Gasteiger partial charge in [-0.1, -0.05) is 413 Å². The number of ether oxygens (including phenoxy) is 3. The molecule has 16 nitrogen and oxygen atoms in total. The van der Waals surface area contributed by atoms with Crippen molar-refractivity contribution in [2.75, 3.05) is 39.6 Å². The van der Waals surface area contributed by atoms with Crippen LogP contribution in [0.25, 0.3) is 0 Å². The molecule has 115 heavy (non-hydrogen) atoms. The number of carbonyl (C=O) groups excluding carboxylic acids is 3. The molecular weight excluding hydrogens is 1480 g/mol. The van der Waals surface area contributed by atoms with E-state index in [4.69, 9.17) is 32.3 Å². The van der Waals surface area contributed by atoms with Crippen molar-refractivity contribution in [3.8, 4) is 0 Å². The molecule has 0 fully saturated rings. The van der Waals surface area contributed by atoms with Crippen molar-refractivity contribution in [1.82, 2.24) is 0 Å². The summed E-state index contributed by atoms with van der Waals surface area (Å²) in [6.07, 6.45) is 108. The fourth-order valence-corrected chi connectivity index (χ4v) is 15.1. The average molecular weight is 1660 g/mol. The van der Waals surface area contributed by atoms with Crippen LogP contribution >= 0.6 is 15.6 Å². The van der Waals surface area contributed by atoms with Gasteiger partial charge in [-0.15, -0.1) is 0 Å². The molecule has 0 aliphatic rings. The van der Waals surface area contributed by atoms with Crippen molar-refractivity contribution in [2.24, 2.45) is 0 Å². The van der Waals surface area contributed by atoms with Crippen LogP contribution in [0.2, 0.25) is 0 Å². The molecule has 670 valence electrons. The molecule has 0 aliphatic heterocycles. The maximum absolute atomic E-state index is 13.0. The monoisotopic (exact) mass is 1660 g/mol. The van der Waals surface area contributed by atoms with Crippen LogP contribution in [0.15, 0.2) is 97.2 Å². The third-order valence-corrected chi connectivity index (χ3v) is 22.7. The summed E-state index contributed by atoms with van der Waals surface area (Å²) in [6.45, 7) is 2.72. The Bertz CT molecular complexity index is 2470. The topological polar surface area (TPSA) is 231 Å². The zero-order chi connectivity index (χ0) is 83.6. The number of hydrogen-bond acceptors (Lipinski definition) is 14. The first-order chi connectivity index (χ1) is 56.2. The number of allylic oxidation sites excluding steroid dienone is 16. The largest absolute Gasteiger partial charge is 0.472 e. The van der Waals surface area contributed by atoms with Crippen LogP contribution in [-0.4, -0.2) is 95.9 Å². The molecule has 0 heterocycles. The van der Waals surface area contributed by atoms with E-state index in [2.05, 4.69) is 118 Å². The number of carbonyl (C=O) groups is 3. The zero-order valence-corrected chi connectivity index (χ0v) is 75.8. The first-order valence-electron chi connectivity index (χ1n) is 47.5. The number of hydrogen-bond donors (Lipinski definition) is 4. The molecule has 0 bridgehead atoms. The summed E-state index contributed by atoms with van der Waals surface area (Å²) in [6, 6.07) is 0. The third kappa shape index (κ3) is 91.1. The van der Waals surface area contributed by atoms with E-state index in [0.29, 0.717) is 19.3 Å². The van der Waals surface area contributed by atoms with Gasteiger partial charge in [0.25, 0.3) is 0 Å². The summed E-state index contributed by atoms with van der Waals surface area (Å²) in [5, 5.41) is 20.7. The molecule has 0 aromatic heterocycles. The molecule has 5 unspecified atom stereocenters. The summed E-state index contributed by atoms with van der Waals surface area (Å²) in [4.78, 5) is 58.9. The standard InChI is InChI=1S/C97H176O16P2/c1-4-7-10-13-16-19-22-25-28-30-32-34-36-38-40-42-43-44-45-46-47-49-51-52-54-56-58-60-63-65-68-71-74-77-80-83-95(100)107-86-92(98)87-109-114(103,104)110-88-93(99)89-111-115(105,106)112-91-94(113-97(102)85-82-79-76-73-70-67-62-27-24-21-18-15-12-9-6-3)90-108-96(101)84-81-78-75-72-69-66-64-61-59-57-55-53-50-48-41-39-37-35-33-31-29-26-23-20-17-14-11-8-5-2/h16-17,19-20,25-26,28-29,32-35,38-41,92-94,98-99H,4-15,18,21-24,27,30-31,36-37,42-91H2,1-3H3,(H,103,104)(H,105,106)/b19-16-,20-17-,28-25-,29-26-,34-32-,35-33-,40-38-,41-39-. The molecule has 0 saturated heterocycles. The Morgan fingerprint density at radius 1 is 0.243 bits per heavy atom. The lowest BCUT2D eigenvalue weighted by molar-refractivity contribution is -0.161. The smallest absolute Gasteiger partial charge is 0.463 e. The second-order valence-corrected chi connectivity index (χ2v) is 35.1. The SMILES string of the molecule is CCCCC/C=C\C/C=C\C/C=C\C/C=C\CCCCCCCCCCCCCCCCCCCCCC(=O)OCC(O)COP(=O)(O)OCC(O)COP(=O)(O)OCC(COC(=O)CCCCCCCCCCCCCCC/C=C\C/C=C\C/C=C\C/C=C\CCCCC)OC(=O)CCCCCCCCCCCCCCCCC. The summed E-state index contributed by atoms with van der Waals surface area (Å²) in [5.74, 6) is -1.55. The van der Waals surface area contributed by atoms with Crippen molar-refractivity contribution < 1.29 is 75.8 Å². The van der Waals surface area contributed by atoms with Crippen LogP contribution in [0.4, 0.5) is 0 Å². The number of aliphatic hydroxyl groups excluding tert-OH is 2. The van der Waals surface area contributed by atoms with Crippen molar-refractivity contribution in [2.45, 2.75) is 463 Å². The van der Waals surface area contributed by atoms with E-state index >= 15 is 0 Å². The van der Waals surface area contributed by atoms with Gasteiger partial charge in [0, 0.05) is 19.3 Å². The highest BCUT2D eigenvalue weighted by molar-refractivity contribution is 7.47. The zero-order valence-electron chi connectivity index (χ0n) is 74.0. The molecule has 0 spiro atoms. The number of esters is 3. The summed E-state index contributed by atoms with van der Waals surface area (Å²) >= 11 is 0. The van der Waals surface area contributed by atoms with Gasteiger partial charge < -0.3 is 34.2 Å². The molecule has 0 aromatic rings. The highest BCUT2D eigenvalue weighted by Gasteiger charge is 2.30. The van der Waals surface area contributed by atoms with Gasteiger partial charge in [0.15, 0.2) is 6.10 Å². The fourth-order valence-electron chi connectivity index (χ4n) is 13.5. The van der Waals surface area contributed by atoms with Gasteiger partial charge in [0.05, 0.1) is 26.4 Å². The van der Waals surface area contributed by atoms with Crippen LogP contribution in [0.1, 0.15) is 445 Å². The van der Waals surface area contributed by atoms with E-state index in [0.717, 1.165) is 109 Å².